The molecule has 0 unspecified atom stereocenters. The first-order valence-electron chi connectivity index (χ1n) is 4.62. The van der Waals surface area contributed by atoms with E-state index in [1.807, 2.05) is 0 Å². The van der Waals surface area contributed by atoms with Crippen molar-refractivity contribution in [2.75, 3.05) is 0 Å². The molecule has 2 aliphatic carbocycles. The summed E-state index contributed by atoms with van der Waals surface area (Å²) in [6, 6.07) is 0. The van der Waals surface area contributed by atoms with Gasteiger partial charge in [-0.15, -0.1) is 0 Å². The van der Waals surface area contributed by atoms with E-state index in [1.54, 1.807) is 0 Å². The largest absolute Gasteiger partial charge is 0.0805 e. The van der Waals surface area contributed by atoms with E-state index in [9.17, 15) is 0 Å². The van der Waals surface area contributed by atoms with Crippen LogP contribution in [0.2, 0.25) is 0 Å². The smallest absolute Gasteiger partial charge is 0 e. The van der Waals surface area contributed by atoms with Crippen LogP contribution >= 0.6 is 0 Å². The summed E-state index contributed by atoms with van der Waals surface area (Å²) in [4.78, 5) is 0. The molecule has 1 saturated carbocycles. The second-order valence-electron chi connectivity index (χ2n) is 2.86. The summed E-state index contributed by atoms with van der Waals surface area (Å²) in [6.45, 7) is 13.5. The van der Waals surface area contributed by atoms with Gasteiger partial charge < -0.3 is 0 Å². The summed E-state index contributed by atoms with van der Waals surface area (Å²) in [6.07, 6.45) is 18.4. The van der Waals surface area contributed by atoms with Crippen molar-refractivity contribution < 1.29 is 31.0 Å². The van der Waals surface area contributed by atoms with Crippen LogP contribution in [0.25, 0.3) is 0 Å². The fraction of sp³-hybridized carbons (Fsp3) is 0.143. The van der Waals surface area contributed by atoms with Gasteiger partial charge in [0, 0.05) is 17.1 Å². The minimum Gasteiger partial charge on any atom is -0.0805 e. The average molecular weight is 282 g/mol. The summed E-state index contributed by atoms with van der Waals surface area (Å²) >= 11 is 0. The SMILES string of the molecule is [C-]#[O+].[C-]#[O+].[C-]#[O+].[CH]1[CH][CH]C(C2=CC=CC2)[CH][CH]1.[Mn]. The summed E-state index contributed by atoms with van der Waals surface area (Å²) in [5, 5.41) is 0. The Kier molecular flexibility index (Phi) is 23.1. The molecule has 0 aromatic rings. The maximum absolute atomic E-state index is 7.50. The molecule has 1 fully saturated rings. The van der Waals surface area contributed by atoms with Gasteiger partial charge in [0.05, 0.1) is 0 Å². The molecular formula is C14H11MnO3. The van der Waals surface area contributed by atoms with Crippen LogP contribution in [0, 0.1) is 58.0 Å². The van der Waals surface area contributed by atoms with Crippen molar-refractivity contribution in [2.45, 2.75) is 6.42 Å². The fourth-order valence-electron chi connectivity index (χ4n) is 1.45. The van der Waals surface area contributed by atoms with Gasteiger partial charge >= 0.3 is 33.9 Å². The Morgan fingerprint density at radius 3 is 1.78 bits per heavy atom. The topological polar surface area (TPSA) is 59.7 Å². The molecular weight excluding hydrogens is 271 g/mol. The van der Waals surface area contributed by atoms with Gasteiger partial charge in [-0.1, -0.05) is 23.8 Å². The van der Waals surface area contributed by atoms with Gasteiger partial charge in [-0.3, -0.25) is 0 Å². The first-order valence-corrected chi connectivity index (χ1v) is 4.62. The summed E-state index contributed by atoms with van der Waals surface area (Å²) in [5.41, 5.74) is 1.51. The first kappa shape index (κ1) is 22.4. The summed E-state index contributed by atoms with van der Waals surface area (Å²) < 4.78 is 22.5. The van der Waals surface area contributed by atoms with Crippen LogP contribution in [0.5, 0.6) is 0 Å². The van der Waals surface area contributed by atoms with Crippen molar-refractivity contribution in [1.82, 2.24) is 0 Å². The predicted octanol–water partition coefficient (Wildman–Crippen LogP) is 2.41. The van der Waals surface area contributed by atoms with Crippen molar-refractivity contribution in [3.05, 3.63) is 75.9 Å². The minimum atomic E-state index is 0. The van der Waals surface area contributed by atoms with Crippen LogP contribution in [0.15, 0.2) is 23.8 Å². The molecule has 0 bridgehead atoms. The van der Waals surface area contributed by atoms with Crippen LogP contribution in [-0.4, -0.2) is 0 Å². The molecule has 0 amide bonds. The van der Waals surface area contributed by atoms with Gasteiger partial charge in [-0.2, -0.15) is 0 Å². The van der Waals surface area contributed by atoms with Gasteiger partial charge in [-0.25, -0.2) is 0 Å². The van der Waals surface area contributed by atoms with Gasteiger partial charge in [-0.05, 0) is 44.4 Å². The maximum atomic E-state index is 7.50. The normalized spacial score (nSPS) is 16.0. The van der Waals surface area contributed by atoms with E-state index in [0.29, 0.717) is 5.92 Å². The zero-order valence-electron chi connectivity index (χ0n) is 9.51. The predicted molar refractivity (Wildman–Crippen MR) is 58.6 cm³/mol. The van der Waals surface area contributed by atoms with Crippen molar-refractivity contribution in [3.8, 4) is 0 Å². The minimum absolute atomic E-state index is 0. The third kappa shape index (κ3) is 9.27. The Hall–Kier alpha value is -0.781. The van der Waals surface area contributed by atoms with Crippen LogP contribution in [0.4, 0.5) is 0 Å². The van der Waals surface area contributed by atoms with Crippen molar-refractivity contribution in [2.24, 2.45) is 5.92 Å². The summed E-state index contributed by atoms with van der Waals surface area (Å²) in [7, 11) is 0. The number of hydrogen-bond acceptors (Lipinski definition) is 0. The van der Waals surface area contributed by atoms with E-state index in [4.69, 9.17) is 14.0 Å². The molecule has 0 aromatic carbocycles. The average Bonchev–Trinajstić information content (AvgIpc) is 3.01. The molecule has 92 valence electrons. The molecule has 0 aromatic heterocycles. The van der Waals surface area contributed by atoms with E-state index in [1.165, 1.54) is 5.57 Å². The number of allylic oxidation sites excluding steroid dienone is 4. The van der Waals surface area contributed by atoms with E-state index in [2.05, 4.69) is 70.3 Å². The Morgan fingerprint density at radius 1 is 0.889 bits per heavy atom. The molecule has 0 heterocycles. The second-order valence-corrected chi connectivity index (χ2v) is 2.86. The van der Waals surface area contributed by atoms with E-state index in [0.717, 1.165) is 6.42 Å². The Balaban J connectivity index is -0.000000285. The van der Waals surface area contributed by atoms with Gasteiger partial charge in [0.25, 0.3) is 0 Å². The van der Waals surface area contributed by atoms with Crippen molar-refractivity contribution in [1.29, 1.82) is 0 Å². The van der Waals surface area contributed by atoms with Gasteiger partial charge in [0.15, 0.2) is 0 Å². The fourth-order valence-corrected chi connectivity index (χ4v) is 1.45. The van der Waals surface area contributed by atoms with E-state index >= 15 is 0 Å². The van der Waals surface area contributed by atoms with Gasteiger partial charge in [0.2, 0.25) is 0 Å². The quantitative estimate of drug-likeness (QED) is 0.403. The summed E-state index contributed by atoms with van der Waals surface area (Å²) in [5.74, 6) is 0.551. The van der Waals surface area contributed by atoms with Crippen LogP contribution < -0.4 is 0 Å². The molecule has 3 nitrogen and oxygen atoms in total. The molecule has 6 radical (unpaired) electrons. The number of hydrogen-bond donors (Lipinski definition) is 0. The molecule has 0 N–H and O–H groups in total. The molecule has 18 heavy (non-hydrogen) atoms. The monoisotopic (exact) mass is 282 g/mol. The molecule has 2 rings (SSSR count). The number of rotatable bonds is 1. The molecule has 0 saturated heterocycles. The Morgan fingerprint density at radius 2 is 1.39 bits per heavy atom. The third-order valence-electron chi connectivity index (χ3n) is 2.09. The van der Waals surface area contributed by atoms with E-state index in [-0.39, 0.29) is 17.1 Å². The molecule has 0 aliphatic heterocycles. The Labute approximate surface area is 119 Å². The van der Waals surface area contributed by atoms with Crippen LogP contribution in [0.1, 0.15) is 6.42 Å². The first-order chi connectivity index (χ1) is 8.47. The zero-order chi connectivity index (χ0) is 13.5. The van der Waals surface area contributed by atoms with Gasteiger partial charge in [0.1, 0.15) is 0 Å². The standard InChI is InChI=1S/C11H11.3CO.Mn/c1-2-6-10(7-3-1)11-8-4-5-9-11;3*1-2;/h1-8,10H,9H2;;;;. The molecule has 0 atom stereocenters. The second kappa shape index (κ2) is 18.6. The van der Waals surface area contributed by atoms with Crippen molar-refractivity contribution >= 4 is 0 Å². The van der Waals surface area contributed by atoms with E-state index < -0.39 is 0 Å². The van der Waals surface area contributed by atoms with Crippen LogP contribution in [0.3, 0.4) is 0 Å². The molecule has 2 aliphatic rings. The maximum Gasteiger partial charge on any atom is 0 e. The van der Waals surface area contributed by atoms with Crippen molar-refractivity contribution in [3.63, 3.8) is 0 Å². The zero-order valence-corrected chi connectivity index (χ0v) is 10.7. The van der Waals surface area contributed by atoms with Crippen LogP contribution in [-0.2, 0) is 31.0 Å². The third-order valence-corrected chi connectivity index (χ3v) is 2.09. The molecule has 0 spiro atoms. The Bertz CT molecular complexity index is 280. The molecule has 4 heteroatoms.